The molecular formula is C28H30FN3O2. The van der Waals surface area contributed by atoms with Gasteiger partial charge in [0.05, 0.1) is 6.04 Å². The Morgan fingerprint density at radius 1 is 1.12 bits per heavy atom. The first-order valence-electron chi connectivity index (χ1n) is 12.3. The summed E-state index contributed by atoms with van der Waals surface area (Å²) in [5.41, 5.74) is 2.61. The molecule has 2 aromatic carbocycles. The van der Waals surface area contributed by atoms with Gasteiger partial charge in [-0.15, -0.1) is 0 Å². The Labute approximate surface area is 199 Å². The first-order valence-corrected chi connectivity index (χ1v) is 12.3. The minimum Gasteiger partial charge on any atom is -0.350 e. The predicted octanol–water partition coefficient (Wildman–Crippen LogP) is 5.18. The molecule has 6 heteroatoms. The molecular weight excluding hydrogens is 429 g/mol. The maximum Gasteiger partial charge on any atom is 0.293 e. The summed E-state index contributed by atoms with van der Waals surface area (Å²) in [5.74, 6) is -0.133. The van der Waals surface area contributed by atoms with Crippen molar-refractivity contribution in [1.29, 1.82) is 0 Å². The number of piperidine rings is 1. The zero-order valence-corrected chi connectivity index (χ0v) is 19.7. The van der Waals surface area contributed by atoms with Crippen molar-refractivity contribution in [1.82, 2.24) is 15.0 Å². The molecule has 3 fully saturated rings. The number of benzene rings is 2. The summed E-state index contributed by atoms with van der Waals surface area (Å²) in [5, 5.41) is 4.15. The van der Waals surface area contributed by atoms with Crippen LogP contribution in [0.3, 0.4) is 0 Å². The van der Waals surface area contributed by atoms with E-state index < -0.39 is 0 Å². The van der Waals surface area contributed by atoms with Gasteiger partial charge in [0.1, 0.15) is 11.5 Å². The minimum absolute atomic E-state index is 0.0699. The highest BCUT2D eigenvalue weighted by Gasteiger charge is 2.62. The number of nitrogens with zero attached hydrogens (tertiary/aromatic N) is 3. The lowest BCUT2D eigenvalue weighted by Gasteiger charge is -2.53. The second-order valence-electron chi connectivity index (χ2n) is 10.5. The zero-order chi connectivity index (χ0) is 23.4. The lowest BCUT2D eigenvalue weighted by atomic mass is 9.64. The highest BCUT2D eigenvalue weighted by molar-refractivity contribution is 5.93. The summed E-state index contributed by atoms with van der Waals surface area (Å²) in [6, 6.07) is 19.3. The van der Waals surface area contributed by atoms with E-state index in [0.717, 1.165) is 31.2 Å². The summed E-state index contributed by atoms with van der Waals surface area (Å²) in [4.78, 5) is 18.8. The Morgan fingerprint density at radius 2 is 1.85 bits per heavy atom. The molecule has 2 aliphatic heterocycles. The quantitative estimate of drug-likeness (QED) is 0.540. The van der Waals surface area contributed by atoms with Crippen molar-refractivity contribution in [3.63, 3.8) is 0 Å². The van der Waals surface area contributed by atoms with Crippen molar-refractivity contribution in [2.45, 2.75) is 63.2 Å². The second-order valence-corrected chi connectivity index (χ2v) is 10.5. The van der Waals surface area contributed by atoms with Crippen LogP contribution in [0.15, 0.2) is 65.2 Å². The van der Waals surface area contributed by atoms with E-state index >= 15 is 0 Å². The number of rotatable bonds is 4. The smallest absolute Gasteiger partial charge is 0.293 e. The Balaban J connectivity index is 1.38. The zero-order valence-electron chi connectivity index (χ0n) is 19.7. The van der Waals surface area contributed by atoms with E-state index in [4.69, 9.17) is 4.52 Å². The predicted molar refractivity (Wildman–Crippen MR) is 128 cm³/mol. The van der Waals surface area contributed by atoms with Gasteiger partial charge in [0.15, 0.2) is 0 Å². The van der Waals surface area contributed by atoms with Crippen LogP contribution >= 0.6 is 0 Å². The van der Waals surface area contributed by atoms with Crippen LogP contribution in [0.2, 0.25) is 0 Å². The number of aromatic nitrogens is 1. The summed E-state index contributed by atoms with van der Waals surface area (Å²) in [7, 11) is 2.25. The van der Waals surface area contributed by atoms with Gasteiger partial charge in [0, 0.05) is 35.2 Å². The molecule has 6 rings (SSSR count). The molecule has 0 unspecified atom stereocenters. The topological polar surface area (TPSA) is 49.6 Å². The molecule has 3 aromatic rings. The van der Waals surface area contributed by atoms with Gasteiger partial charge in [0.2, 0.25) is 5.76 Å². The van der Waals surface area contributed by atoms with Crippen molar-refractivity contribution in [3.8, 4) is 11.3 Å². The lowest BCUT2D eigenvalue weighted by molar-refractivity contribution is -0.0134. The molecule has 0 spiro atoms. The standard InChI is InChI=1S/C28H30FN3O2/c1-28-17-23-22(15-18-7-4-3-5-8-18)32(26(28)10-6-9-25(28)31(23)2)27(33)24-16-21(30-34-24)19-11-13-20(29)14-12-19/h3-5,7-8,11-14,16,22-23,25-26H,6,9-10,15,17H2,1-2H3/t22-,23+,25+,26-,28+/m1/s1. The van der Waals surface area contributed by atoms with Gasteiger partial charge in [-0.2, -0.15) is 0 Å². The first-order chi connectivity index (χ1) is 16.5. The van der Waals surface area contributed by atoms with Crippen LogP contribution in [0, 0.1) is 11.2 Å². The minimum atomic E-state index is -0.305. The van der Waals surface area contributed by atoms with Crippen molar-refractivity contribution >= 4 is 5.91 Å². The van der Waals surface area contributed by atoms with Crippen LogP contribution in [-0.2, 0) is 6.42 Å². The maximum atomic E-state index is 14.1. The van der Waals surface area contributed by atoms with E-state index in [1.165, 1.54) is 24.1 Å². The number of hydrogen-bond acceptors (Lipinski definition) is 4. The van der Waals surface area contributed by atoms with E-state index in [0.29, 0.717) is 17.8 Å². The van der Waals surface area contributed by atoms with E-state index in [9.17, 15) is 9.18 Å². The fourth-order valence-electron chi connectivity index (χ4n) is 7.08. The highest BCUT2D eigenvalue weighted by Crippen LogP contribution is 2.56. The van der Waals surface area contributed by atoms with Crippen molar-refractivity contribution in [3.05, 3.63) is 77.8 Å². The average molecular weight is 460 g/mol. The summed E-state index contributed by atoms with van der Waals surface area (Å²) >= 11 is 0. The van der Waals surface area contributed by atoms with Gasteiger partial charge in [-0.3, -0.25) is 9.69 Å². The molecule has 1 aliphatic carbocycles. The largest absolute Gasteiger partial charge is 0.350 e. The normalized spacial score (nSPS) is 30.5. The third-order valence-electron chi connectivity index (χ3n) is 8.66. The number of carbonyl (C=O) groups excluding carboxylic acids is 1. The Bertz CT molecular complexity index is 1190. The van der Waals surface area contributed by atoms with E-state index in [-0.39, 0.29) is 35.0 Å². The van der Waals surface area contributed by atoms with Gasteiger partial charge in [-0.1, -0.05) is 42.4 Å². The monoisotopic (exact) mass is 459 g/mol. The Hall–Kier alpha value is -2.99. The fourth-order valence-corrected chi connectivity index (χ4v) is 7.08. The lowest BCUT2D eigenvalue weighted by Crippen LogP contribution is -2.62. The Kier molecular flexibility index (Phi) is 5.10. The van der Waals surface area contributed by atoms with Crippen molar-refractivity contribution < 1.29 is 13.7 Å². The van der Waals surface area contributed by atoms with E-state index in [2.05, 4.69) is 53.2 Å². The molecule has 2 saturated heterocycles. The number of likely N-dealkylation sites (tertiary alicyclic amines) is 2. The maximum absolute atomic E-state index is 14.1. The van der Waals surface area contributed by atoms with E-state index in [1.54, 1.807) is 18.2 Å². The number of halogens is 1. The number of fused-ring (bicyclic) bond motifs is 1. The van der Waals surface area contributed by atoms with Gasteiger partial charge in [-0.25, -0.2) is 4.39 Å². The molecule has 2 bridgehead atoms. The summed E-state index contributed by atoms with van der Waals surface area (Å²) in [6.07, 6.45) is 5.28. The molecule has 3 heterocycles. The van der Waals surface area contributed by atoms with Gasteiger partial charge >= 0.3 is 0 Å². The van der Waals surface area contributed by atoms with Crippen LogP contribution in [0.25, 0.3) is 11.3 Å². The van der Waals surface area contributed by atoms with Gasteiger partial charge in [0.25, 0.3) is 5.91 Å². The first kappa shape index (κ1) is 21.5. The molecule has 3 aliphatic rings. The second kappa shape index (κ2) is 8.05. The van der Waals surface area contributed by atoms with Crippen LogP contribution in [0.1, 0.15) is 48.7 Å². The molecule has 1 saturated carbocycles. The molecule has 0 radical (unpaired) electrons. The summed E-state index contributed by atoms with van der Waals surface area (Å²) < 4.78 is 19.0. The number of hydrogen-bond donors (Lipinski definition) is 0. The molecule has 5 nitrogen and oxygen atoms in total. The van der Waals surface area contributed by atoms with Crippen molar-refractivity contribution in [2.24, 2.45) is 5.41 Å². The number of amides is 1. The average Bonchev–Trinajstić information content (AvgIpc) is 3.43. The van der Waals surface area contributed by atoms with Crippen molar-refractivity contribution in [2.75, 3.05) is 7.05 Å². The van der Waals surface area contributed by atoms with Crippen LogP contribution in [0.5, 0.6) is 0 Å². The Morgan fingerprint density at radius 3 is 2.62 bits per heavy atom. The van der Waals surface area contributed by atoms with Crippen LogP contribution in [-0.4, -0.2) is 52.1 Å². The highest BCUT2D eigenvalue weighted by atomic mass is 19.1. The van der Waals surface area contributed by atoms with Gasteiger partial charge < -0.3 is 9.42 Å². The SMILES string of the molecule is CN1[C@H]2CCC[C@H]3N(C(=O)c4cc(-c5ccc(F)cc5)no4)[C@H](Cc4ccccc4)[C@@H]1C[C@@]23C. The van der Waals surface area contributed by atoms with Crippen LogP contribution < -0.4 is 0 Å². The fraction of sp³-hybridized carbons (Fsp3) is 0.429. The number of carbonyl (C=O) groups is 1. The molecule has 1 aromatic heterocycles. The molecule has 5 atom stereocenters. The molecule has 1 amide bonds. The van der Waals surface area contributed by atoms with E-state index in [1.807, 2.05) is 6.07 Å². The molecule has 0 N–H and O–H groups in total. The number of likely N-dealkylation sites (N-methyl/N-ethyl adjacent to an activating group) is 1. The summed E-state index contributed by atoms with van der Waals surface area (Å²) in [6.45, 7) is 2.38. The third kappa shape index (κ3) is 3.30. The molecule has 176 valence electrons. The van der Waals surface area contributed by atoms with Crippen LogP contribution in [0.4, 0.5) is 4.39 Å². The van der Waals surface area contributed by atoms with Gasteiger partial charge in [-0.05, 0) is 69.0 Å². The third-order valence-corrected chi connectivity index (χ3v) is 8.66. The molecule has 34 heavy (non-hydrogen) atoms.